The maximum absolute atomic E-state index is 9.64. The summed E-state index contributed by atoms with van der Waals surface area (Å²) in [6, 6.07) is 0. The van der Waals surface area contributed by atoms with E-state index < -0.39 is 4.92 Å². The van der Waals surface area contributed by atoms with Crippen molar-refractivity contribution in [1.29, 1.82) is 0 Å². The third-order valence-electron chi connectivity index (χ3n) is 1.49. The lowest BCUT2D eigenvalue weighted by atomic mass is 10.4. The molecule has 0 saturated heterocycles. The fourth-order valence-electron chi connectivity index (χ4n) is 0.273. The highest BCUT2D eigenvalue weighted by atomic mass is 16.6. The average molecular weight is 186 g/mol. The first-order valence-electron chi connectivity index (χ1n) is 4.12. The molecule has 13 heavy (non-hydrogen) atoms. The molecule has 0 rings (SSSR count). The summed E-state index contributed by atoms with van der Waals surface area (Å²) >= 11 is 0. The van der Waals surface area contributed by atoms with Crippen molar-refractivity contribution in [1.82, 2.24) is 5.32 Å². The zero-order chi connectivity index (χ0) is 10.9. The molecule has 4 nitrogen and oxygen atoms in total. The van der Waals surface area contributed by atoms with Crippen molar-refractivity contribution in [2.75, 3.05) is 7.05 Å². The Morgan fingerprint density at radius 2 is 2.15 bits per heavy atom. The minimum absolute atomic E-state index is 0.0694. The summed E-state index contributed by atoms with van der Waals surface area (Å²) in [7, 11) is 1.91. The Morgan fingerprint density at radius 1 is 1.69 bits per heavy atom. The maximum Gasteiger partial charge on any atom is 0.238 e. The fraction of sp³-hybridized carbons (Fsp3) is 0.556. The van der Waals surface area contributed by atoms with E-state index in [4.69, 9.17) is 0 Å². The van der Waals surface area contributed by atoms with Crippen molar-refractivity contribution in [3.63, 3.8) is 0 Å². The highest BCUT2D eigenvalue weighted by Gasteiger charge is 1.98. The molecule has 76 valence electrons. The summed E-state index contributed by atoms with van der Waals surface area (Å²) in [5.74, 6) is 0. The van der Waals surface area contributed by atoms with Crippen LogP contribution in [0.25, 0.3) is 0 Å². The van der Waals surface area contributed by atoms with Gasteiger partial charge in [-0.15, -0.1) is 0 Å². The summed E-state index contributed by atoms with van der Waals surface area (Å²) < 4.78 is 0. The molecule has 0 radical (unpaired) electrons. The standard InChI is InChI=1S/C5H11N.C4H7NO2/c1-4-5(2)6-3;1-3-4(2)5(6)7/h4,6H,1-3H3;2-3H2,1H3/b5-4-;. The molecule has 0 aliphatic heterocycles. The van der Waals surface area contributed by atoms with E-state index in [-0.39, 0.29) is 5.70 Å². The molecule has 0 fully saturated rings. The summed E-state index contributed by atoms with van der Waals surface area (Å²) in [4.78, 5) is 9.16. The first-order valence-corrected chi connectivity index (χ1v) is 4.12. The predicted molar refractivity (Wildman–Crippen MR) is 54.9 cm³/mol. The van der Waals surface area contributed by atoms with Crippen molar-refractivity contribution < 1.29 is 4.92 Å². The van der Waals surface area contributed by atoms with Gasteiger partial charge in [0, 0.05) is 19.2 Å². The van der Waals surface area contributed by atoms with Gasteiger partial charge in [0.25, 0.3) is 0 Å². The molecule has 0 aromatic carbocycles. The van der Waals surface area contributed by atoms with Crippen LogP contribution in [0.5, 0.6) is 0 Å². The van der Waals surface area contributed by atoms with Gasteiger partial charge in [0.05, 0.1) is 4.92 Å². The Morgan fingerprint density at radius 3 is 2.15 bits per heavy atom. The van der Waals surface area contributed by atoms with Crippen LogP contribution in [0.3, 0.4) is 0 Å². The smallest absolute Gasteiger partial charge is 0.238 e. The Kier molecular flexibility index (Phi) is 9.60. The molecule has 0 unspecified atom stereocenters. The molecule has 0 amide bonds. The molecule has 0 atom stereocenters. The first kappa shape index (κ1) is 14.2. The Labute approximate surface area is 79.5 Å². The molecule has 0 heterocycles. The summed E-state index contributed by atoms with van der Waals surface area (Å²) in [5, 5.41) is 12.6. The van der Waals surface area contributed by atoms with Crippen LogP contribution in [-0.4, -0.2) is 12.0 Å². The van der Waals surface area contributed by atoms with Crippen molar-refractivity contribution in [2.45, 2.75) is 27.2 Å². The molecular weight excluding hydrogens is 168 g/mol. The predicted octanol–water partition coefficient (Wildman–Crippen LogP) is 2.32. The van der Waals surface area contributed by atoms with Crippen LogP contribution in [0, 0.1) is 10.1 Å². The van der Waals surface area contributed by atoms with Crippen LogP contribution in [0.1, 0.15) is 27.2 Å². The van der Waals surface area contributed by atoms with Gasteiger partial charge in [-0.2, -0.15) is 0 Å². The maximum atomic E-state index is 9.64. The number of nitrogens with zero attached hydrogens (tertiary/aromatic N) is 1. The molecule has 0 aromatic rings. The van der Waals surface area contributed by atoms with Gasteiger partial charge in [-0.1, -0.05) is 13.0 Å². The van der Waals surface area contributed by atoms with Gasteiger partial charge in [0.15, 0.2) is 0 Å². The third kappa shape index (κ3) is 10.7. The molecule has 0 aromatic heterocycles. The second-order valence-electron chi connectivity index (χ2n) is 2.40. The molecule has 0 aliphatic carbocycles. The monoisotopic (exact) mass is 186 g/mol. The van der Waals surface area contributed by atoms with Crippen molar-refractivity contribution in [3.05, 3.63) is 34.2 Å². The van der Waals surface area contributed by atoms with E-state index in [1.165, 1.54) is 5.70 Å². The van der Waals surface area contributed by atoms with Crippen LogP contribution in [0.2, 0.25) is 0 Å². The molecule has 4 heteroatoms. The minimum atomic E-state index is -0.472. The molecule has 0 saturated carbocycles. The molecular formula is C9H18N2O2. The summed E-state index contributed by atoms with van der Waals surface area (Å²) in [6.45, 7) is 8.91. The lowest BCUT2D eigenvalue weighted by Gasteiger charge is -1.91. The summed E-state index contributed by atoms with van der Waals surface area (Å²) in [5.41, 5.74) is 1.29. The van der Waals surface area contributed by atoms with Crippen molar-refractivity contribution >= 4 is 0 Å². The van der Waals surface area contributed by atoms with Crippen LogP contribution in [0.4, 0.5) is 0 Å². The lowest BCUT2D eigenvalue weighted by Crippen LogP contribution is -1.99. The Balaban J connectivity index is 0. The Hall–Kier alpha value is -1.32. The van der Waals surface area contributed by atoms with Crippen LogP contribution in [-0.2, 0) is 0 Å². The van der Waals surface area contributed by atoms with Gasteiger partial charge in [0.2, 0.25) is 5.70 Å². The van der Waals surface area contributed by atoms with Crippen molar-refractivity contribution in [2.24, 2.45) is 0 Å². The first-order chi connectivity index (χ1) is 5.99. The molecule has 0 bridgehead atoms. The number of rotatable bonds is 3. The number of allylic oxidation sites excluding steroid dienone is 3. The highest BCUT2D eigenvalue weighted by molar-refractivity contribution is 4.90. The normalized spacial score (nSPS) is 9.69. The number of nitro groups is 1. The fourth-order valence-corrected chi connectivity index (χ4v) is 0.273. The topological polar surface area (TPSA) is 55.2 Å². The second kappa shape index (κ2) is 8.77. The van der Waals surface area contributed by atoms with E-state index in [9.17, 15) is 10.1 Å². The summed E-state index contributed by atoms with van der Waals surface area (Å²) in [6.07, 6.45) is 2.45. The highest BCUT2D eigenvalue weighted by Crippen LogP contribution is 1.93. The number of nitrogens with one attached hydrogen (secondary N) is 1. The van der Waals surface area contributed by atoms with E-state index >= 15 is 0 Å². The average Bonchev–Trinajstić information content (AvgIpc) is 2.16. The van der Waals surface area contributed by atoms with Gasteiger partial charge in [-0.25, -0.2) is 0 Å². The van der Waals surface area contributed by atoms with Gasteiger partial charge in [0.1, 0.15) is 0 Å². The molecule has 1 N–H and O–H groups in total. The van der Waals surface area contributed by atoms with E-state index in [0.29, 0.717) is 6.42 Å². The van der Waals surface area contributed by atoms with Crippen LogP contribution >= 0.6 is 0 Å². The van der Waals surface area contributed by atoms with Crippen molar-refractivity contribution in [3.8, 4) is 0 Å². The lowest BCUT2D eigenvalue weighted by molar-refractivity contribution is -0.426. The van der Waals surface area contributed by atoms with E-state index in [1.54, 1.807) is 6.92 Å². The minimum Gasteiger partial charge on any atom is -0.392 e. The quantitative estimate of drug-likeness (QED) is 0.543. The second-order valence-corrected chi connectivity index (χ2v) is 2.40. The largest absolute Gasteiger partial charge is 0.392 e. The van der Waals surface area contributed by atoms with Crippen LogP contribution in [0.15, 0.2) is 24.0 Å². The van der Waals surface area contributed by atoms with Gasteiger partial charge in [-0.3, -0.25) is 10.1 Å². The third-order valence-corrected chi connectivity index (χ3v) is 1.49. The zero-order valence-corrected chi connectivity index (χ0v) is 8.76. The van der Waals surface area contributed by atoms with E-state index in [0.717, 1.165) is 0 Å². The van der Waals surface area contributed by atoms with Gasteiger partial charge < -0.3 is 5.32 Å². The Bertz CT molecular complexity index is 198. The molecule has 0 spiro atoms. The number of hydrogen-bond acceptors (Lipinski definition) is 3. The van der Waals surface area contributed by atoms with Gasteiger partial charge in [-0.05, 0) is 20.4 Å². The van der Waals surface area contributed by atoms with E-state index in [1.807, 2.05) is 27.0 Å². The van der Waals surface area contributed by atoms with Gasteiger partial charge >= 0.3 is 0 Å². The van der Waals surface area contributed by atoms with Crippen LogP contribution < -0.4 is 5.32 Å². The number of hydrogen-bond donors (Lipinski definition) is 1. The molecule has 0 aliphatic rings. The zero-order valence-electron chi connectivity index (χ0n) is 8.76. The van der Waals surface area contributed by atoms with E-state index in [2.05, 4.69) is 11.9 Å². The SMILES string of the molecule is C/C=C(/C)NC.C=C(CC)[N+](=O)[O-].